The van der Waals surface area contributed by atoms with Crippen molar-refractivity contribution >= 4 is 29.8 Å². The maximum Gasteiger partial charge on any atom is 0.407 e. The highest BCUT2D eigenvalue weighted by Crippen LogP contribution is 2.22. The van der Waals surface area contributed by atoms with E-state index in [2.05, 4.69) is 16.0 Å². The van der Waals surface area contributed by atoms with Gasteiger partial charge in [0.05, 0.1) is 13.2 Å². The average Bonchev–Trinajstić information content (AvgIpc) is 3.46. The molecule has 1 aliphatic heterocycles. The molecule has 1 aromatic rings. The third kappa shape index (κ3) is 10.5. The fraction of sp³-hybridized carbons (Fsp3) is 0.656. The molecule has 12 nitrogen and oxygen atoms in total. The number of nitrogens with one attached hydrogen (secondary N) is 3. The van der Waals surface area contributed by atoms with Gasteiger partial charge in [0.2, 0.25) is 11.8 Å². The Morgan fingerprint density at radius 2 is 1.64 bits per heavy atom. The Morgan fingerprint density at radius 3 is 2.18 bits per heavy atom. The van der Waals surface area contributed by atoms with Crippen LogP contribution in [0.2, 0.25) is 0 Å². The fourth-order valence-electron chi connectivity index (χ4n) is 5.03. The predicted molar refractivity (Wildman–Crippen MR) is 164 cm³/mol. The van der Waals surface area contributed by atoms with E-state index in [1.165, 1.54) is 12.0 Å². The van der Waals surface area contributed by atoms with Crippen molar-refractivity contribution in [2.45, 2.75) is 110 Å². The van der Waals surface area contributed by atoms with Gasteiger partial charge in [-0.3, -0.25) is 14.4 Å². The second-order valence-electron chi connectivity index (χ2n) is 12.7. The van der Waals surface area contributed by atoms with Gasteiger partial charge in [0.1, 0.15) is 23.7 Å². The van der Waals surface area contributed by atoms with E-state index in [0.717, 1.165) is 5.56 Å². The lowest BCUT2D eigenvalue weighted by Gasteiger charge is -2.32. The number of aliphatic hydroxyl groups excluding tert-OH is 1. The normalized spacial score (nSPS) is 18.4. The zero-order chi connectivity index (χ0) is 33.2. The van der Waals surface area contributed by atoms with Gasteiger partial charge in [-0.2, -0.15) is 0 Å². The number of hydrogen-bond acceptors (Lipinski definition) is 8. The van der Waals surface area contributed by atoms with Crippen molar-refractivity contribution in [3.63, 3.8) is 0 Å². The summed E-state index contributed by atoms with van der Waals surface area (Å²) in [7, 11) is 1.24. The fourth-order valence-corrected chi connectivity index (χ4v) is 5.03. The minimum Gasteiger partial charge on any atom is -0.467 e. The summed E-state index contributed by atoms with van der Waals surface area (Å²) >= 11 is 0. The number of ether oxygens (including phenoxy) is 2. The summed E-state index contributed by atoms with van der Waals surface area (Å²) in [5, 5.41) is 19.4. The number of alkyl carbamates (subject to hydrolysis) is 1. The lowest BCUT2D eigenvalue weighted by Crippen LogP contribution is -2.59. The smallest absolute Gasteiger partial charge is 0.407 e. The summed E-state index contributed by atoms with van der Waals surface area (Å²) < 4.78 is 10.2. The van der Waals surface area contributed by atoms with Crippen LogP contribution in [-0.4, -0.2) is 89.3 Å². The number of benzene rings is 1. The molecule has 1 aliphatic rings. The van der Waals surface area contributed by atoms with Gasteiger partial charge in [-0.1, -0.05) is 64.4 Å². The molecule has 12 heteroatoms. The molecule has 1 saturated heterocycles. The minimum absolute atomic E-state index is 0.144. The molecule has 0 bridgehead atoms. The second kappa shape index (κ2) is 16.4. The lowest BCUT2D eigenvalue weighted by atomic mass is 9.96. The monoisotopic (exact) mass is 618 g/mol. The van der Waals surface area contributed by atoms with Crippen LogP contribution in [-0.2, 0) is 35.1 Å². The van der Waals surface area contributed by atoms with Gasteiger partial charge in [0.15, 0.2) is 6.10 Å². The van der Waals surface area contributed by atoms with Gasteiger partial charge in [0.25, 0.3) is 5.91 Å². The van der Waals surface area contributed by atoms with Crippen molar-refractivity contribution in [2.24, 2.45) is 11.8 Å². The summed E-state index contributed by atoms with van der Waals surface area (Å²) in [6.07, 6.45) is -0.903. The third-order valence-electron chi connectivity index (χ3n) is 7.69. The van der Waals surface area contributed by atoms with E-state index in [-0.39, 0.29) is 24.8 Å². The standard InChI is InChI=1S/C32H50N4O8/c1-9-20(4)25(28(39)34-24(19(2)3)30(41)43-8)35-27(38)23-16-13-17-36(23)29(40)26(37)22(18-21-14-11-10-12-15-21)33-31(42)44-32(5,6)7/h10-12,14-15,19-20,22-26,37H,9,13,16-18H2,1-8H3,(H,33,42)(H,34,39)(H,35,38)/t20-,22-,23-,24?,25-,26+/m0/s1. The lowest BCUT2D eigenvalue weighted by molar-refractivity contribution is -0.148. The van der Waals surface area contributed by atoms with Crippen LogP contribution in [0.1, 0.15) is 73.3 Å². The molecule has 246 valence electrons. The maximum absolute atomic E-state index is 13.7. The van der Waals surface area contributed by atoms with Gasteiger partial charge >= 0.3 is 12.1 Å². The van der Waals surface area contributed by atoms with E-state index >= 15 is 0 Å². The molecule has 4 N–H and O–H groups in total. The summed E-state index contributed by atoms with van der Waals surface area (Å²) in [5.74, 6) is -2.90. The Kier molecular flexibility index (Phi) is 13.6. The van der Waals surface area contributed by atoms with Gasteiger partial charge in [0, 0.05) is 6.54 Å². The number of carbonyl (C=O) groups is 5. The first-order chi connectivity index (χ1) is 20.6. The van der Waals surface area contributed by atoms with Crippen LogP contribution in [0.25, 0.3) is 0 Å². The SMILES string of the molecule is CC[C@H](C)[C@H](NC(=O)[C@@H]1CCCN1C(=O)[C@H](O)[C@H](Cc1ccccc1)NC(=O)OC(C)(C)C)C(=O)NC(C(=O)OC)C(C)C. The number of nitrogens with zero attached hydrogens (tertiary/aromatic N) is 1. The van der Waals surface area contributed by atoms with E-state index in [1.807, 2.05) is 44.2 Å². The molecule has 44 heavy (non-hydrogen) atoms. The van der Waals surface area contributed by atoms with Crippen LogP contribution >= 0.6 is 0 Å². The van der Waals surface area contributed by atoms with Crippen LogP contribution in [0, 0.1) is 11.8 Å². The Morgan fingerprint density at radius 1 is 1.00 bits per heavy atom. The first-order valence-corrected chi connectivity index (χ1v) is 15.3. The maximum atomic E-state index is 13.7. The Labute approximate surface area is 260 Å². The molecule has 0 radical (unpaired) electrons. The zero-order valence-electron chi connectivity index (χ0n) is 27.2. The molecule has 4 amide bonds. The Bertz CT molecular complexity index is 1140. The molecule has 1 aromatic carbocycles. The largest absolute Gasteiger partial charge is 0.467 e. The van der Waals surface area contributed by atoms with E-state index in [9.17, 15) is 29.1 Å². The quantitative estimate of drug-likeness (QED) is 0.245. The van der Waals surface area contributed by atoms with Crippen molar-refractivity contribution in [1.82, 2.24) is 20.9 Å². The number of methoxy groups -OCH3 is 1. The number of rotatable bonds is 13. The number of likely N-dealkylation sites (tertiary alicyclic amines) is 1. The summed E-state index contributed by atoms with van der Waals surface area (Å²) in [6.45, 7) is 12.6. The molecule has 2 rings (SSSR count). The number of amides is 4. The molecule has 0 saturated carbocycles. The molecule has 1 fully saturated rings. The van der Waals surface area contributed by atoms with Crippen molar-refractivity contribution < 1.29 is 38.6 Å². The molecular formula is C32H50N4O8. The average molecular weight is 619 g/mol. The minimum atomic E-state index is -1.67. The zero-order valence-corrected chi connectivity index (χ0v) is 27.2. The first-order valence-electron chi connectivity index (χ1n) is 15.3. The van der Waals surface area contributed by atoms with Gasteiger partial charge in [-0.15, -0.1) is 0 Å². The number of hydrogen-bond donors (Lipinski definition) is 4. The van der Waals surface area contributed by atoms with E-state index < -0.39 is 65.7 Å². The predicted octanol–water partition coefficient (Wildman–Crippen LogP) is 2.32. The molecule has 1 heterocycles. The van der Waals surface area contributed by atoms with Crippen molar-refractivity contribution in [3.8, 4) is 0 Å². The van der Waals surface area contributed by atoms with Crippen LogP contribution in [0.15, 0.2) is 30.3 Å². The molecule has 1 unspecified atom stereocenters. The van der Waals surface area contributed by atoms with E-state index in [1.54, 1.807) is 34.6 Å². The highest BCUT2D eigenvalue weighted by Gasteiger charge is 2.41. The van der Waals surface area contributed by atoms with Crippen LogP contribution in [0.3, 0.4) is 0 Å². The number of aliphatic hydroxyl groups is 1. The highest BCUT2D eigenvalue weighted by atomic mass is 16.6. The second-order valence-corrected chi connectivity index (χ2v) is 12.7. The first kappa shape index (κ1) is 36.5. The highest BCUT2D eigenvalue weighted by molar-refractivity contribution is 5.94. The van der Waals surface area contributed by atoms with Gasteiger partial charge in [-0.25, -0.2) is 9.59 Å². The Balaban J connectivity index is 2.24. The number of carbonyl (C=O) groups excluding carboxylic acids is 5. The van der Waals surface area contributed by atoms with Crippen molar-refractivity contribution in [2.75, 3.05) is 13.7 Å². The molecule has 6 atom stereocenters. The third-order valence-corrected chi connectivity index (χ3v) is 7.69. The van der Waals surface area contributed by atoms with Gasteiger partial charge < -0.3 is 35.4 Å². The number of esters is 1. The van der Waals surface area contributed by atoms with Crippen molar-refractivity contribution in [3.05, 3.63) is 35.9 Å². The molecule has 0 aliphatic carbocycles. The van der Waals surface area contributed by atoms with Crippen LogP contribution < -0.4 is 16.0 Å². The van der Waals surface area contributed by atoms with Crippen molar-refractivity contribution in [1.29, 1.82) is 0 Å². The molecular weight excluding hydrogens is 568 g/mol. The van der Waals surface area contributed by atoms with Gasteiger partial charge in [-0.05, 0) is 57.4 Å². The van der Waals surface area contributed by atoms with E-state index in [0.29, 0.717) is 19.3 Å². The molecule has 0 spiro atoms. The Hall–Kier alpha value is -3.67. The summed E-state index contributed by atoms with van der Waals surface area (Å²) in [5.41, 5.74) is -0.0101. The summed E-state index contributed by atoms with van der Waals surface area (Å²) in [6, 6.07) is 5.26. The van der Waals surface area contributed by atoms with Crippen LogP contribution in [0.4, 0.5) is 4.79 Å². The van der Waals surface area contributed by atoms with E-state index in [4.69, 9.17) is 9.47 Å². The summed E-state index contributed by atoms with van der Waals surface area (Å²) in [4.78, 5) is 66.7. The van der Waals surface area contributed by atoms with Crippen LogP contribution in [0.5, 0.6) is 0 Å². The molecule has 0 aromatic heterocycles. The topological polar surface area (TPSA) is 163 Å².